The largest absolute Gasteiger partial charge is 0.444 e. The highest BCUT2D eigenvalue weighted by Crippen LogP contribution is 2.28. The Morgan fingerprint density at radius 1 is 1.35 bits per heavy atom. The number of nitrogens with zero attached hydrogens (tertiary/aromatic N) is 2. The van der Waals surface area contributed by atoms with Gasteiger partial charge in [-0.3, -0.25) is 19.8 Å². The van der Waals surface area contributed by atoms with E-state index in [4.69, 9.17) is 4.42 Å². The maximum absolute atomic E-state index is 13.2. The predicted octanol–water partition coefficient (Wildman–Crippen LogP) is 2.34. The monoisotopic (exact) mass is 358 g/mol. The standard InChI is InChI=1S/C18H19FN4O3/c1-10-15-11(2)26-18(16(15)17(25)22-21-10)20-14(24)9-23(3)8-12-5-4-6-13(19)7-12/h4-7H,8-9H2,1-3H3,(H,20,24)(H,22,25). The second kappa shape index (κ2) is 7.09. The molecule has 1 aromatic carbocycles. The van der Waals surface area contributed by atoms with Crippen LogP contribution in [0.2, 0.25) is 0 Å². The Morgan fingerprint density at radius 2 is 2.12 bits per heavy atom. The minimum atomic E-state index is -0.425. The molecule has 0 unspecified atom stereocenters. The Labute approximate surface area is 148 Å². The summed E-state index contributed by atoms with van der Waals surface area (Å²) in [5, 5.41) is 9.80. The summed E-state index contributed by atoms with van der Waals surface area (Å²) in [6.45, 7) is 3.92. The third kappa shape index (κ3) is 3.65. The molecule has 0 aliphatic heterocycles. The number of aromatic amines is 1. The lowest BCUT2D eigenvalue weighted by molar-refractivity contribution is -0.117. The fraction of sp³-hybridized carbons (Fsp3) is 0.278. The summed E-state index contributed by atoms with van der Waals surface area (Å²) >= 11 is 0. The van der Waals surface area contributed by atoms with Crippen LogP contribution in [0.15, 0.2) is 33.5 Å². The average molecular weight is 358 g/mol. The number of fused-ring (bicyclic) bond motifs is 1. The number of hydrogen-bond donors (Lipinski definition) is 2. The SMILES string of the molecule is Cc1n[nH]c(=O)c2c(NC(=O)CN(C)Cc3cccc(F)c3)oc(C)c12. The number of hydrogen-bond acceptors (Lipinski definition) is 5. The zero-order valence-corrected chi connectivity index (χ0v) is 14.7. The van der Waals surface area contributed by atoms with E-state index in [2.05, 4.69) is 15.5 Å². The summed E-state index contributed by atoms with van der Waals surface area (Å²) < 4.78 is 18.8. The van der Waals surface area contributed by atoms with Crippen molar-refractivity contribution in [2.75, 3.05) is 18.9 Å². The van der Waals surface area contributed by atoms with Gasteiger partial charge < -0.3 is 4.42 Å². The summed E-state index contributed by atoms with van der Waals surface area (Å²) in [6.07, 6.45) is 0. The van der Waals surface area contributed by atoms with Crippen LogP contribution in [0, 0.1) is 19.7 Å². The molecule has 0 saturated heterocycles. The minimum absolute atomic E-state index is 0.0553. The highest BCUT2D eigenvalue weighted by Gasteiger charge is 2.19. The van der Waals surface area contributed by atoms with Crippen LogP contribution in [0.25, 0.3) is 10.8 Å². The van der Waals surface area contributed by atoms with Crippen molar-refractivity contribution in [1.82, 2.24) is 15.1 Å². The molecule has 0 fully saturated rings. The van der Waals surface area contributed by atoms with Crippen molar-refractivity contribution in [3.8, 4) is 0 Å². The predicted molar refractivity (Wildman–Crippen MR) is 95.5 cm³/mol. The van der Waals surface area contributed by atoms with E-state index in [0.29, 0.717) is 23.4 Å². The minimum Gasteiger partial charge on any atom is -0.444 e. The number of aryl methyl sites for hydroxylation is 2. The van der Waals surface area contributed by atoms with Gasteiger partial charge in [-0.2, -0.15) is 5.10 Å². The van der Waals surface area contributed by atoms with Gasteiger partial charge in [0.15, 0.2) is 0 Å². The number of H-pyrrole nitrogens is 1. The third-order valence-electron chi connectivity index (χ3n) is 4.01. The Kier molecular flexibility index (Phi) is 4.85. The van der Waals surface area contributed by atoms with Gasteiger partial charge in [0.2, 0.25) is 11.8 Å². The first-order chi connectivity index (χ1) is 12.3. The Morgan fingerprint density at radius 3 is 2.85 bits per heavy atom. The number of carbonyl (C=O) groups excluding carboxylic acids is 1. The van der Waals surface area contributed by atoms with E-state index >= 15 is 0 Å². The van der Waals surface area contributed by atoms with Crippen molar-refractivity contribution >= 4 is 22.6 Å². The van der Waals surface area contributed by atoms with E-state index < -0.39 is 5.56 Å². The van der Waals surface area contributed by atoms with E-state index in [1.807, 2.05) is 0 Å². The van der Waals surface area contributed by atoms with Gasteiger partial charge >= 0.3 is 0 Å². The normalized spacial score (nSPS) is 11.3. The summed E-state index contributed by atoms with van der Waals surface area (Å²) in [5.74, 6) is -0.0394. The lowest BCUT2D eigenvalue weighted by atomic mass is 10.2. The molecule has 7 nitrogen and oxygen atoms in total. The molecular weight excluding hydrogens is 339 g/mol. The van der Waals surface area contributed by atoms with Crippen LogP contribution in [0.1, 0.15) is 17.0 Å². The van der Waals surface area contributed by atoms with Crippen LogP contribution in [0.5, 0.6) is 0 Å². The number of aromatic nitrogens is 2. The molecule has 0 atom stereocenters. The van der Waals surface area contributed by atoms with Crippen molar-refractivity contribution in [2.45, 2.75) is 20.4 Å². The van der Waals surface area contributed by atoms with Crippen molar-refractivity contribution < 1.29 is 13.6 Å². The van der Waals surface area contributed by atoms with Crippen molar-refractivity contribution in [2.24, 2.45) is 0 Å². The van der Waals surface area contributed by atoms with Gasteiger partial charge in [0.25, 0.3) is 5.56 Å². The van der Waals surface area contributed by atoms with Crippen molar-refractivity contribution in [1.29, 1.82) is 0 Å². The lowest BCUT2D eigenvalue weighted by Crippen LogP contribution is -2.30. The number of halogens is 1. The fourth-order valence-corrected chi connectivity index (χ4v) is 2.95. The molecule has 1 amide bonds. The second-order valence-corrected chi connectivity index (χ2v) is 6.23. The second-order valence-electron chi connectivity index (χ2n) is 6.23. The highest BCUT2D eigenvalue weighted by molar-refractivity contribution is 6.01. The molecule has 2 aromatic heterocycles. The molecule has 3 aromatic rings. The molecular formula is C18H19FN4O3. The smallest absolute Gasteiger partial charge is 0.277 e. The van der Waals surface area contributed by atoms with Crippen LogP contribution in [-0.2, 0) is 11.3 Å². The lowest BCUT2D eigenvalue weighted by Gasteiger charge is -2.15. The Bertz CT molecular complexity index is 1020. The van der Waals surface area contributed by atoms with Crippen LogP contribution in [0.3, 0.4) is 0 Å². The summed E-state index contributed by atoms with van der Waals surface area (Å²) in [6, 6.07) is 6.21. The Hall–Kier alpha value is -3.00. The fourth-order valence-electron chi connectivity index (χ4n) is 2.95. The molecule has 2 N–H and O–H groups in total. The van der Waals surface area contributed by atoms with Gasteiger partial charge in [0.05, 0.1) is 17.6 Å². The molecule has 0 aliphatic carbocycles. The number of furan rings is 1. The van der Waals surface area contributed by atoms with Crippen LogP contribution >= 0.6 is 0 Å². The molecule has 2 heterocycles. The van der Waals surface area contributed by atoms with E-state index in [1.165, 1.54) is 12.1 Å². The molecule has 8 heteroatoms. The van der Waals surface area contributed by atoms with Gasteiger partial charge in [0.1, 0.15) is 17.0 Å². The summed E-state index contributed by atoms with van der Waals surface area (Å²) in [5.41, 5.74) is 0.952. The van der Waals surface area contributed by atoms with Gasteiger partial charge in [-0.25, -0.2) is 9.49 Å². The number of rotatable bonds is 5. The number of carbonyl (C=O) groups is 1. The van der Waals surface area contributed by atoms with Crippen molar-refractivity contribution in [3.05, 3.63) is 57.5 Å². The molecule has 0 aliphatic rings. The van der Waals surface area contributed by atoms with Gasteiger partial charge in [-0.05, 0) is 38.6 Å². The first kappa shape index (κ1) is 17.8. The summed E-state index contributed by atoms with van der Waals surface area (Å²) in [7, 11) is 1.75. The van der Waals surface area contributed by atoms with E-state index in [0.717, 1.165) is 5.56 Å². The average Bonchev–Trinajstić information content (AvgIpc) is 2.88. The molecule has 0 saturated carbocycles. The molecule has 136 valence electrons. The van der Waals surface area contributed by atoms with Crippen LogP contribution in [-0.4, -0.2) is 34.6 Å². The molecule has 0 radical (unpaired) electrons. The van der Waals surface area contributed by atoms with E-state index in [9.17, 15) is 14.0 Å². The topological polar surface area (TPSA) is 91.2 Å². The first-order valence-electron chi connectivity index (χ1n) is 8.06. The van der Waals surface area contributed by atoms with Crippen LogP contribution < -0.4 is 10.9 Å². The van der Waals surface area contributed by atoms with Gasteiger partial charge in [0, 0.05) is 6.54 Å². The van der Waals surface area contributed by atoms with E-state index in [-0.39, 0.29) is 29.5 Å². The molecule has 0 spiro atoms. The number of likely N-dealkylation sites (N-methyl/N-ethyl adjacent to an activating group) is 1. The number of benzene rings is 1. The highest BCUT2D eigenvalue weighted by atomic mass is 19.1. The van der Waals surface area contributed by atoms with E-state index in [1.54, 1.807) is 37.9 Å². The first-order valence-corrected chi connectivity index (χ1v) is 8.06. The van der Waals surface area contributed by atoms with Crippen molar-refractivity contribution in [3.63, 3.8) is 0 Å². The summed E-state index contributed by atoms with van der Waals surface area (Å²) in [4.78, 5) is 26.1. The molecule has 3 rings (SSSR count). The third-order valence-corrected chi connectivity index (χ3v) is 4.01. The molecule has 26 heavy (non-hydrogen) atoms. The van der Waals surface area contributed by atoms with Gasteiger partial charge in [-0.15, -0.1) is 0 Å². The maximum atomic E-state index is 13.2. The zero-order chi connectivity index (χ0) is 18.8. The number of anilines is 1. The number of amides is 1. The zero-order valence-electron chi connectivity index (χ0n) is 14.7. The maximum Gasteiger partial charge on any atom is 0.277 e. The van der Waals surface area contributed by atoms with Crippen LogP contribution in [0.4, 0.5) is 10.3 Å². The van der Waals surface area contributed by atoms with Gasteiger partial charge in [-0.1, -0.05) is 12.1 Å². The Balaban J connectivity index is 1.73. The molecule has 0 bridgehead atoms. The quantitative estimate of drug-likeness (QED) is 0.730. The number of nitrogens with one attached hydrogen (secondary N) is 2.